The normalized spacial score (nSPS) is 16.6. The third-order valence-corrected chi connectivity index (χ3v) is 3.27. The predicted molar refractivity (Wildman–Crippen MR) is 68.5 cm³/mol. The smallest absolute Gasteiger partial charge is 0.411 e. The molecule has 1 aliphatic carbocycles. The molecule has 1 fully saturated rings. The molecule has 1 aromatic carbocycles. The number of carbonyl (C=O) groups is 1. The summed E-state index contributed by atoms with van der Waals surface area (Å²) in [5, 5.41) is 2.42. The van der Waals surface area contributed by atoms with Crippen molar-refractivity contribution in [1.29, 1.82) is 0 Å². The lowest BCUT2D eigenvalue weighted by molar-refractivity contribution is -0.151. The number of carbonyl (C=O) groups excluding carboxylic acids is 1. The average Bonchev–Trinajstić information content (AvgIpc) is 3.12. The van der Waals surface area contributed by atoms with Crippen LogP contribution in [0.2, 0.25) is 0 Å². The first kappa shape index (κ1) is 14.5. The summed E-state index contributed by atoms with van der Waals surface area (Å²) in [4.78, 5) is 11.6. The Bertz CT molecular complexity index is 525. The summed E-state index contributed by atoms with van der Waals surface area (Å²) in [6.45, 7) is 1.81. The molecule has 2 rings (SSSR count). The van der Waals surface area contributed by atoms with E-state index >= 15 is 0 Å². The fourth-order valence-corrected chi connectivity index (χ4v) is 1.92. The van der Waals surface area contributed by atoms with Crippen LogP contribution in [0, 0.1) is 0 Å². The molecular formula is C13H15F3N2O2. The molecule has 0 radical (unpaired) electrons. The molecule has 4 nitrogen and oxygen atoms in total. The van der Waals surface area contributed by atoms with E-state index in [2.05, 4.69) is 5.32 Å². The molecule has 3 N–H and O–H groups in total. The van der Waals surface area contributed by atoms with Gasteiger partial charge < -0.3 is 15.8 Å². The van der Waals surface area contributed by atoms with E-state index in [0.29, 0.717) is 0 Å². The summed E-state index contributed by atoms with van der Waals surface area (Å²) in [7, 11) is 0. The van der Waals surface area contributed by atoms with Gasteiger partial charge in [0, 0.05) is 0 Å². The van der Waals surface area contributed by atoms with Gasteiger partial charge in [-0.3, -0.25) is 0 Å². The van der Waals surface area contributed by atoms with Crippen LogP contribution in [-0.2, 0) is 4.74 Å². The number of nitrogens with two attached hydrogens (primary N) is 1. The van der Waals surface area contributed by atoms with Crippen molar-refractivity contribution < 1.29 is 22.7 Å². The average molecular weight is 288 g/mol. The zero-order chi connectivity index (χ0) is 15.0. The number of ether oxygens (including phenoxy) is 1. The second kappa shape index (κ2) is 4.88. The van der Waals surface area contributed by atoms with E-state index in [1.165, 1.54) is 18.2 Å². The van der Waals surface area contributed by atoms with E-state index in [9.17, 15) is 18.0 Å². The van der Waals surface area contributed by atoms with E-state index in [4.69, 9.17) is 10.5 Å². The van der Waals surface area contributed by atoms with Gasteiger partial charge in [-0.2, -0.15) is 13.2 Å². The van der Waals surface area contributed by atoms with E-state index < -0.39 is 17.7 Å². The molecule has 110 valence electrons. The topological polar surface area (TPSA) is 64.3 Å². The van der Waals surface area contributed by atoms with Gasteiger partial charge in [0.1, 0.15) is 5.54 Å². The maximum atomic E-state index is 12.9. The maximum Gasteiger partial charge on any atom is 0.411 e. The van der Waals surface area contributed by atoms with Gasteiger partial charge in [0.05, 0.1) is 23.5 Å². The van der Waals surface area contributed by atoms with Gasteiger partial charge in [-0.1, -0.05) is 6.07 Å². The highest BCUT2D eigenvalue weighted by Gasteiger charge is 2.63. The molecule has 0 atom stereocenters. The van der Waals surface area contributed by atoms with Crippen molar-refractivity contribution in [3.63, 3.8) is 0 Å². The first-order chi connectivity index (χ1) is 9.31. The summed E-state index contributed by atoms with van der Waals surface area (Å²) in [5.74, 6) is -0.648. The van der Waals surface area contributed by atoms with Crippen LogP contribution < -0.4 is 11.1 Å². The molecule has 0 aromatic heterocycles. The minimum atomic E-state index is -4.35. The summed E-state index contributed by atoms with van der Waals surface area (Å²) in [6, 6.07) is 4.31. The molecule has 0 spiro atoms. The Kier molecular flexibility index (Phi) is 3.54. The largest absolute Gasteiger partial charge is 0.462 e. The molecule has 0 aliphatic heterocycles. The molecule has 7 heteroatoms. The van der Waals surface area contributed by atoms with Gasteiger partial charge in [0.2, 0.25) is 0 Å². The fourth-order valence-electron chi connectivity index (χ4n) is 1.92. The Morgan fingerprint density at radius 3 is 2.60 bits per heavy atom. The highest BCUT2D eigenvalue weighted by atomic mass is 19.4. The zero-order valence-corrected chi connectivity index (χ0v) is 10.9. The lowest BCUT2D eigenvalue weighted by atomic mass is 10.1. The van der Waals surface area contributed by atoms with Gasteiger partial charge in [0.15, 0.2) is 0 Å². The number of esters is 1. The predicted octanol–water partition coefficient (Wildman–Crippen LogP) is 2.95. The molecule has 1 saturated carbocycles. The van der Waals surface area contributed by atoms with E-state index in [1.807, 2.05) is 0 Å². The summed E-state index contributed by atoms with van der Waals surface area (Å²) < 4.78 is 43.5. The standard InChI is InChI=1S/C13H15F3N2O2/c1-2-20-11(19)8-4-3-5-9(10(8)17)18-12(6-7-12)13(14,15)16/h3-5,18H,2,6-7,17H2,1H3. The number of alkyl halides is 3. The Hall–Kier alpha value is -1.92. The van der Waals surface area contributed by atoms with Crippen molar-refractivity contribution in [2.24, 2.45) is 0 Å². The van der Waals surface area contributed by atoms with Gasteiger partial charge >= 0.3 is 12.1 Å². The second-order valence-corrected chi connectivity index (χ2v) is 4.69. The third-order valence-electron chi connectivity index (χ3n) is 3.27. The molecular weight excluding hydrogens is 273 g/mol. The van der Waals surface area contributed by atoms with Crippen LogP contribution in [0.4, 0.5) is 24.5 Å². The Morgan fingerprint density at radius 1 is 1.45 bits per heavy atom. The molecule has 0 amide bonds. The molecule has 0 unspecified atom stereocenters. The lowest BCUT2D eigenvalue weighted by Gasteiger charge is -2.23. The molecule has 1 aliphatic rings. The first-order valence-electron chi connectivity index (χ1n) is 6.21. The second-order valence-electron chi connectivity index (χ2n) is 4.69. The number of nitrogens with one attached hydrogen (secondary N) is 1. The Balaban J connectivity index is 2.26. The van der Waals surface area contributed by atoms with Crippen molar-refractivity contribution in [2.45, 2.75) is 31.5 Å². The molecule has 0 saturated heterocycles. The van der Waals surface area contributed by atoms with Gasteiger partial charge in [0.25, 0.3) is 0 Å². The van der Waals surface area contributed by atoms with E-state index in [1.54, 1.807) is 6.92 Å². The maximum absolute atomic E-state index is 12.9. The van der Waals surface area contributed by atoms with Crippen LogP contribution in [0.1, 0.15) is 30.1 Å². The highest BCUT2D eigenvalue weighted by molar-refractivity contribution is 5.98. The van der Waals surface area contributed by atoms with Crippen LogP contribution in [0.3, 0.4) is 0 Å². The van der Waals surface area contributed by atoms with Crippen LogP contribution in [0.25, 0.3) is 0 Å². The molecule has 0 heterocycles. The van der Waals surface area contributed by atoms with Crippen molar-refractivity contribution in [1.82, 2.24) is 0 Å². The van der Waals surface area contributed by atoms with Crippen molar-refractivity contribution in [2.75, 3.05) is 17.7 Å². The van der Waals surface area contributed by atoms with Crippen LogP contribution in [0.5, 0.6) is 0 Å². The minimum Gasteiger partial charge on any atom is -0.462 e. The third kappa shape index (κ3) is 2.52. The van der Waals surface area contributed by atoms with Crippen molar-refractivity contribution in [3.05, 3.63) is 23.8 Å². The van der Waals surface area contributed by atoms with Crippen molar-refractivity contribution in [3.8, 4) is 0 Å². The highest BCUT2D eigenvalue weighted by Crippen LogP contribution is 2.51. The number of rotatable bonds is 4. The minimum absolute atomic E-state index is 0.000423. The van der Waals surface area contributed by atoms with E-state index in [-0.39, 0.29) is 36.4 Å². The number of anilines is 2. The monoisotopic (exact) mass is 288 g/mol. The SMILES string of the molecule is CCOC(=O)c1cccc(NC2(C(F)(F)F)CC2)c1N. The van der Waals surface area contributed by atoms with Gasteiger partial charge in [-0.25, -0.2) is 4.79 Å². The van der Waals surface area contributed by atoms with Gasteiger partial charge in [-0.15, -0.1) is 0 Å². The quantitative estimate of drug-likeness (QED) is 0.660. The fraction of sp³-hybridized carbons (Fsp3) is 0.462. The summed E-state index contributed by atoms with van der Waals surface area (Å²) in [5.41, 5.74) is 3.98. The summed E-state index contributed by atoms with van der Waals surface area (Å²) >= 11 is 0. The van der Waals surface area contributed by atoms with Crippen molar-refractivity contribution >= 4 is 17.3 Å². The lowest BCUT2D eigenvalue weighted by Crippen LogP contribution is -2.38. The van der Waals surface area contributed by atoms with Gasteiger partial charge in [-0.05, 0) is 31.9 Å². The van der Waals surface area contributed by atoms with Crippen LogP contribution >= 0.6 is 0 Å². The van der Waals surface area contributed by atoms with E-state index in [0.717, 1.165) is 0 Å². The number of hydrogen-bond donors (Lipinski definition) is 2. The number of benzene rings is 1. The number of nitrogen functional groups attached to an aromatic ring is 1. The number of halogens is 3. The number of hydrogen-bond acceptors (Lipinski definition) is 4. The van der Waals surface area contributed by atoms with Crippen LogP contribution in [0.15, 0.2) is 18.2 Å². The molecule has 20 heavy (non-hydrogen) atoms. The molecule has 0 bridgehead atoms. The summed E-state index contributed by atoms with van der Waals surface area (Å²) in [6.07, 6.45) is -4.35. The Labute approximate surface area is 114 Å². The first-order valence-corrected chi connectivity index (χ1v) is 6.21. The number of para-hydroxylation sites is 1. The Morgan fingerprint density at radius 2 is 2.10 bits per heavy atom. The molecule has 1 aromatic rings. The zero-order valence-electron chi connectivity index (χ0n) is 10.9. The van der Waals surface area contributed by atoms with Crippen LogP contribution in [-0.4, -0.2) is 24.3 Å².